The van der Waals surface area contributed by atoms with Gasteiger partial charge in [0.25, 0.3) is 0 Å². The lowest BCUT2D eigenvalue weighted by Gasteiger charge is -2.43. The highest BCUT2D eigenvalue weighted by atomic mass is 16.5. The molecule has 2 N–H and O–H groups in total. The van der Waals surface area contributed by atoms with Crippen molar-refractivity contribution in [1.82, 2.24) is 4.90 Å². The summed E-state index contributed by atoms with van der Waals surface area (Å²) in [5.74, 6) is 2.35. The molecule has 4 heteroatoms. The lowest BCUT2D eigenvalue weighted by molar-refractivity contribution is -0.131. The molecule has 1 aliphatic heterocycles. The molecule has 0 aromatic rings. The molecule has 0 aromatic heterocycles. The van der Waals surface area contributed by atoms with Gasteiger partial charge in [0.05, 0.1) is 6.61 Å². The number of rotatable bonds is 8. The molecule has 0 spiro atoms. The molecule has 0 aromatic carbocycles. The van der Waals surface area contributed by atoms with Crippen molar-refractivity contribution in [3.8, 4) is 0 Å². The molecule has 1 heterocycles. The van der Waals surface area contributed by atoms with Crippen LogP contribution in [0, 0.1) is 17.8 Å². The lowest BCUT2D eigenvalue weighted by Crippen LogP contribution is -2.56. The van der Waals surface area contributed by atoms with E-state index in [-0.39, 0.29) is 5.91 Å². The van der Waals surface area contributed by atoms with E-state index in [4.69, 9.17) is 10.5 Å². The van der Waals surface area contributed by atoms with Gasteiger partial charge in [-0.05, 0) is 56.8 Å². The van der Waals surface area contributed by atoms with E-state index in [1.807, 2.05) is 6.92 Å². The van der Waals surface area contributed by atoms with Crippen LogP contribution in [0.5, 0.6) is 0 Å². The number of primary amides is 1. The Morgan fingerprint density at radius 2 is 2.09 bits per heavy atom. The average Bonchev–Trinajstić information content (AvgIpc) is 3.37. The van der Waals surface area contributed by atoms with Gasteiger partial charge in [-0.3, -0.25) is 4.79 Å². The molecule has 2 aliphatic carbocycles. The van der Waals surface area contributed by atoms with Gasteiger partial charge < -0.3 is 15.4 Å². The van der Waals surface area contributed by atoms with Crippen LogP contribution in [-0.4, -0.2) is 29.5 Å². The molecule has 2 saturated carbocycles. The molecule has 23 heavy (non-hydrogen) atoms. The second-order valence-electron chi connectivity index (χ2n) is 8.04. The van der Waals surface area contributed by atoms with Gasteiger partial charge in [-0.1, -0.05) is 26.0 Å². The van der Waals surface area contributed by atoms with Crippen LogP contribution in [0.15, 0.2) is 23.6 Å². The van der Waals surface area contributed by atoms with Crippen molar-refractivity contribution in [2.75, 3.05) is 13.2 Å². The number of carbonyl (C=O) groups excluding carboxylic acids is 1. The number of nitrogens with two attached hydrogens (primary N) is 1. The lowest BCUT2D eigenvalue weighted by atomic mass is 9.87. The Hall–Kier alpha value is -1.45. The van der Waals surface area contributed by atoms with Crippen LogP contribution in [0.3, 0.4) is 0 Å². The molecule has 0 radical (unpaired) electrons. The van der Waals surface area contributed by atoms with Gasteiger partial charge >= 0.3 is 0 Å². The van der Waals surface area contributed by atoms with Crippen LogP contribution >= 0.6 is 0 Å². The fourth-order valence-corrected chi connectivity index (χ4v) is 3.51. The zero-order valence-electron chi connectivity index (χ0n) is 14.7. The second kappa shape index (κ2) is 6.21. The highest BCUT2D eigenvalue weighted by Gasteiger charge is 2.43. The number of nitrogens with zero attached hydrogens (tertiary/aromatic N) is 1. The van der Waals surface area contributed by atoms with Gasteiger partial charge in [-0.25, -0.2) is 0 Å². The van der Waals surface area contributed by atoms with Crippen LogP contribution in [0.4, 0.5) is 0 Å². The number of hydrogen-bond acceptors (Lipinski definition) is 3. The first-order valence-electron chi connectivity index (χ1n) is 9.03. The highest BCUT2D eigenvalue weighted by molar-refractivity contribution is 5.84. The summed E-state index contributed by atoms with van der Waals surface area (Å²) in [7, 11) is 0. The van der Waals surface area contributed by atoms with Crippen molar-refractivity contribution in [1.29, 1.82) is 0 Å². The van der Waals surface area contributed by atoms with E-state index in [1.165, 1.54) is 31.3 Å². The molecule has 128 valence electrons. The molecule has 2 fully saturated rings. The van der Waals surface area contributed by atoms with Crippen LogP contribution in [0.2, 0.25) is 0 Å². The van der Waals surface area contributed by atoms with Crippen molar-refractivity contribution >= 4 is 5.91 Å². The van der Waals surface area contributed by atoms with E-state index in [9.17, 15) is 4.79 Å². The minimum Gasteiger partial charge on any atom is -0.479 e. The summed E-state index contributed by atoms with van der Waals surface area (Å²) in [4.78, 5) is 14.5. The predicted molar refractivity (Wildman–Crippen MR) is 91.3 cm³/mol. The number of amides is 1. The molecular formula is C19H30N2O2. The number of ether oxygens (including phenoxy) is 1. The van der Waals surface area contributed by atoms with E-state index in [0.29, 0.717) is 24.3 Å². The fourth-order valence-electron chi connectivity index (χ4n) is 3.51. The minimum absolute atomic E-state index is 0.260. The number of hydrogen-bond donors (Lipinski definition) is 1. The largest absolute Gasteiger partial charge is 0.479 e. The van der Waals surface area contributed by atoms with Crippen molar-refractivity contribution in [2.24, 2.45) is 23.5 Å². The molecule has 0 saturated heterocycles. The second-order valence-corrected chi connectivity index (χ2v) is 8.04. The Morgan fingerprint density at radius 1 is 1.39 bits per heavy atom. The maximum atomic E-state index is 12.3. The van der Waals surface area contributed by atoms with Gasteiger partial charge in [0, 0.05) is 12.1 Å². The Balaban J connectivity index is 1.90. The summed E-state index contributed by atoms with van der Waals surface area (Å²) in [5, 5.41) is 0. The van der Waals surface area contributed by atoms with E-state index in [0.717, 1.165) is 18.9 Å². The molecule has 1 amide bonds. The number of allylic oxidation sites excluding steroid dienone is 2. The Labute approximate surface area is 139 Å². The Kier molecular flexibility index (Phi) is 4.43. The molecule has 3 rings (SSSR count). The quantitative estimate of drug-likeness (QED) is 0.748. The molecule has 4 nitrogen and oxygen atoms in total. The summed E-state index contributed by atoms with van der Waals surface area (Å²) < 4.78 is 6.26. The van der Waals surface area contributed by atoms with Gasteiger partial charge in [0.15, 0.2) is 5.88 Å². The first-order valence-corrected chi connectivity index (χ1v) is 9.03. The third-order valence-electron chi connectivity index (χ3n) is 5.18. The van der Waals surface area contributed by atoms with Crippen LogP contribution in [-0.2, 0) is 9.53 Å². The SMILES string of the molecule is CC(C)CC(C)(C(N)=O)N1CC=CC(C2CC2)=C1OCC1CC1. The molecule has 0 bridgehead atoms. The van der Waals surface area contributed by atoms with Crippen molar-refractivity contribution < 1.29 is 9.53 Å². The standard InChI is InChI=1S/C19H30N2O2/c1-13(2)11-19(3,18(20)22)21-10-4-5-16(15-8-9-15)17(21)23-12-14-6-7-14/h4-5,13-15H,6-12H2,1-3H3,(H2,20,22). The van der Waals surface area contributed by atoms with Crippen molar-refractivity contribution in [3.05, 3.63) is 23.6 Å². The summed E-state index contributed by atoms with van der Waals surface area (Å²) >= 11 is 0. The normalized spacial score (nSPS) is 24.1. The minimum atomic E-state index is -0.696. The first kappa shape index (κ1) is 16.4. The first-order chi connectivity index (χ1) is 10.9. The molecule has 1 unspecified atom stereocenters. The third-order valence-corrected chi connectivity index (χ3v) is 5.18. The Morgan fingerprint density at radius 3 is 2.61 bits per heavy atom. The zero-order valence-corrected chi connectivity index (χ0v) is 14.7. The molecule has 1 atom stereocenters. The third kappa shape index (κ3) is 3.56. The summed E-state index contributed by atoms with van der Waals surface area (Å²) in [6.07, 6.45) is 10.1. The van der Waals surface area contributed by atoms with Crippen LogP contribution in [0.25, 0.3) is 0 Å². The van der Waals surface area contributed by atoms with Crippen LogP contribution in [0.1, 0.15) is 52.9 Å². The van der Waals surface area contributed by atoms with Gasteiger partial charge in [-0.15, -0.1) is 0 Å². The van der Waals surface area contributed by atoms with E-state index >= 15 is 0 Å². The van der Waals surface area contributed by atoms with Gasteiger partial charge in [0.1, 0.15) is 5.54 Å². The van der Waals surface area contributed by atoms with E-state index < -0.39 is 5.54 Å². The maximum Gasteiger partial charge on any atom is 0.243 e. The smallest absolute Gasteiger partial charge is 0.243 e. The van der Waals surface area contributed by atoms with E-state index in [2.05, 4.69) is 30.9 Å². The van der Waals surface area contributed by atoms with Gasteiger partial charge in [-0.2, -0.15) is 0 Å². The highest BCUT2D eigenvalue weighted by Crippen LogP contribution is 2.43. The zero-order chi connectivity index (χ0) is 16.6. The van der Waals surface area contributed by atoms with Crippen LogP contribution < -0.4 is 5.73 Å². The fraction of sp³-hybridized carbons (Fsp3) is 0.737. The van der Waals surface area contributed by atoms with E-state index in [1.54, 1.807) is 0 Å². The Bertz CT molecular complexity index is 529. The summed E-state index contributed by atoms with van der Waals surface area (Å²) in [5.41, 5.74) is 6.41. The van der Waals surface area contributed by atoms with Gasteiger partial charge in [0.2, 0.25) is 5.91 Å². The molecular weight excluding hydrogens is 288 g/mol. The topological polar surface area (TPSA) is 55.6 Å². The number of carbonyl (C=O) groups is 1. The van der Waals surface area contributed by atoms with Crippen molar-refractivity contribution in [2.45, 2.75) is 58.4 Å². The average molecular weight is 318 g/mol. The molecule has 3 aliphatic rings. The summed E-state index contributed by atoms with van der Waals surface area (Å²) in [6, 6.07) is 0. The predicted octanol–water partition coefficient (Wildman–Crippen LogP) is 3.20. The monoisotopic (exact) mass is 318 g/mol. The summed E-state index contributed by atoms with van der Waals surface area (Å²) in [6.45, 7) is 7.71. The maximum absolute atomic E-state index is 12.3. The van der Waals surface area contributed by atoms with Crippen molar-refractivity contribution in [3.63, 3.8) is 0 Å².